The van der Waals surface area contributed by atoms with E-state index in [2.05, 4.69) is 20.5 Å². The molecule has 1 aromatic carbocycles. The molecule has 1 saturated heterocycles. The Morgan fingerprint density at radius 1 is 1.11 bits per heavy atom. The molecule has 0 aliphatic carbocycles. The molecule has 2 N–H and O–H groups in total. The smallest absolute Gasteiger partial charge is 0.311 e. The number of nitro groups is 1. The van der Waals surface area contributed by atoms with Crippen LogP contribution in [0.15, 0.2) is 36.4 Å². The highest BCUT2D eigenvalue weighted by Gasteiger charge is 2.19. The van der Waals surface area contributed by atoms with Gasteiger partial charge in [0.25, 0.3) is 0 Å². The van der Waals surface area contributed by atoms with Gasteiger partial charge in [-0.3, -0.25) is 10.1 Å². The fourth-order valence-electron chi connectivity index (χ4n) is 2.86. The van der Waals surface area contributed by atoms with Crippen LogP contribution >= 0.6 is 0 Å². The van der Waals surface area contributed by atoms with Crippen molar-refractivity contribution < 1.29 is 9.66 Å². The highest BCUT2D eigenvalue weighted by Crippen LogP contribution is 2.29. The second-order valence-corrected chi connectivity index (χ2v) is 7.47. The summed E-state index contributed by atoms with van der Waals surface area (Å²) in [6.45, 7) is 9.20. The van der Waals surface area contributed by atoms with Gasteiger partial charge in [-0.15, -0.1) is 0 Å². The number of hydrogen-bond donors (Lipinski definition) is 2. The van der Waals surface area contributed by atoms with Crippen molar-refractivity contribution in [3.05, 3.63) is 46.5 Å². The molecule has 1 fully saturated rings. The van der Waals surface area contributed by atoms with Gasteiger partial charge in [0.1, 0.15) is 5.82 Å². The van der Waals surface area contributed by atoms with Crippen LogP contribution in [0.2, 0.25) is 0 Å². The van der Waals surface area contributed by atoms with Crippen molar-refractivity contribution in [1.29, 1.82) is 0 Å². The minimum Gasteiger partial charge on any atom is -0.378 e. The lowest BCUT2D eigenvalue weighted by Crippen LogP contribution is -2.36. The molecule has 1 aliphatic rings. The zero-order chi connectivity index (χ0) is 19.4. The Bertz CT molecular complexity index is 796. The molecule has 2 aromatic rings. The summed E-state index contributed by atoms with van der Waals surface area (Å²) in [4.78, 5) is 17.6. The van der Waals surface area contributed by atoms with Gasteiger partial charge in [0.2, 0.25) is 5.82 Å². The first-order valence-corrected chi connectivity index (χ1v) is 8.95. The van der Waals surface area contributed by atoms with Gasteiger partial charge in [-0.25, -0.2) is 4.98 Å². The van der Waals surface area contributed by atoms with Gasteiger partial charge in [0.15, 0.2) is 0 Å². The molecular weight excluding hydrogens is 346 g/mol. The predicted octanol–water partition coefficient (Wildman–Crippen LogP) is 3.78. The lowest BCUT2D eigenvalue weighted by atomic mass is 10.1. The topological polar surface area (TPSA) is 92.6 Å². The summed E-state index contributed by atoms with van der Waals surface area (Å²) in [5.41, 5.74) is 1.59. The lowest BCUT2D eigenvalue weighted by molar-refractivity contribution is -0.384. The number of anilines is 4. The second-order valence-electron chi connectivity index (χ2n) is 7.47. The van der Waals surface area contributed by atoms with Crippen LogP contribution < -0.4 is 15.5 Å². The van der Waals surface area contributed by atoms with Crippen LogP contribution in [0, 0.1) is 10.1 Å². The number of aromatic nitrogens is 1. The van der Waals surface area contributed by atoms with Crippen molar-refractivity contribution in [2.24, 2.45) is 0 Å². The Kier molecular flexibility index (Phi) is 5.46. The molecule has 0 saturated carbocycles. The lowest BCUT2D eigenvalue weighted by Gasteiger charge is -2.28. The van der Waals surface area contributed by atoms with Gasteiger partial charge >= 0.3 is 5.69 Å². The maximum Gasteiger partial charge on any atom is 0.311 e. The highest BCUT2D eigenvalue weighted by atomic mass is 16.6. The summed E-state index contributed by atoms with van der Waals surface area (Å²) in [6.07, 6.45) is 0. The molecule has 0 atom stereocenters. The van der Waals surface area contributed by atoms with Gasteiger partial charge in [-0.2, -0.15) is 0 Å². The van der Waals surface area contributed by atoms with E-state index in [0.29, 0.717) is 5.82 Å². The Morgan fingerprint density at radius 2 is 1.78 bits per heavy atom. The van der Waals surface area contributed by atoms with Gasteiger partial charge in [0.05, 0.1) is 18.1 Å². The number of benzene rings is 1. The number of nitrogens with one attached hydrogen (secondary N) is 2. The standard InChI is InChI=1S/C19H25N5O3/c1-19(2,3)22-17-9-8-16(24(25)26)18(21-17)20-14-4-6-15(7-5-14)23-10-12-27-13-11-23/h4-9H,10-13H2,1-3H3,(H2,20,21,22). The molecular formula is C19H25N5O3. The number of rotatable bonds is 5. The van der Waals surface area contributed by atoms with Crippen LogP contribution in [0.3, 0.4) is 0 Å². The molecule has 8 nitrogen and oxygen atoms in total. The van der Waals surface area contributed by atoms with Crippen LogP contribution in [0.25, 0.3) is 0 Å². The van der Waals surface area contributed by atoms with Crippen molar-refractivity contribution in [3.63, 3.8) is 0 Å². The summed E-state index contributed by atoms with van der Waals surface area (Å²) in [6, 6.07) is 10.9. The van der Waals surface area contributed by atoms with Crippen molar-refractivity contribution in [3.8, 4) is 0 Å². The minimum absolute atomic E-state index is 0.0632. The molecule has 27 heavy (non-hydrogen) atoms. The van der Waals surface area contributed by atoms with E-state index in [1.807, 2.05) is 45.0 Å². The van der Waals surface area contributed by atoms with E-state index in [1.54, 1.807) is 6.07 Å². The third-order valence-corrected chi connectivity index (χ3v) is 4.08. The fourth-order valence-corrected chi connectivity index (χ4v) is 2.86. The largest absolute Gasteiger partial charge is 0.378 e. The number of hydrogen-bond acceptors (Lipinski definition) is 7. The number of ether oxygens (including phenoxy) is 1. The third-order valence-electron chi connectivity index (χ3n) is 4.08. The normalized spacial score (nSPS) is 14.7. The maximum absolute atomic E-state index is 11.4. The molecule has 144 valence electrons. The van der Waals surface area contributed by atoms with E-state index in [1.165, 1.54) is 6.07 Å². The Morgan fingerprint density at radius 3 is 2.37 bits per heavy atom. The SMILES string of the molecule is CC(C)(C)Nc1ccc([N+](=O)[O-])c(Nc2ccc(N3CCOCC3)cc2)n1. The number of nitrogens with zero attached hydrogens (tertiary/aromatic N) is 3. The van der Waals surface area contributed by atoms with Crippen molar-refractivity contribution in [2.45, 2.75) is 26.3 Å². The first kappa shape index (κ1) is 18.9. The summed E-state index contributed by atoms with van der Waals surface area (Å²) >= 11 is 0. The van der Waals surface area contributed by atoms with Crippen LogP contribution in [0.1, 0.15) is 20.8 Å². The van der Waals surface area contributed by atoms with E-state index in [4.69, 9.17) is 4.74 Å². The Labute approximate surface area is 158 Å². The van der Waals surface area contributed by atoms with Gasteiger partial charge in [0, 0.05) is 36.1 Å². The fraction of sp³-hybridized carbons (Fsp3) is 0.421. The molecule has 0 bridgehead atoms. The molecule has 0 spiro atoms. The Hall–Kier alpha value is -2.87. The molecule has 3 rings (SSSR count). The molecule has 8 heteroatoms. The van der Waals surface area contributed by atoms with E-state index >= 15 is 0 Å². The number of morpholine rings is 1. The Balaban J connectivity index is 1.80. The van der Waals surface area contributed by atoms with E-state index < -0.39 is 4.92 Å². The van der Waals surface area contributed by atoms with Crippen LogP contribution in [0.5, 0.6) is 0 Å². The van der Waals surface area contributed by atoms with Crippen LogP contribution in [-0.2, 0) is 4.74 Å². The second kappa shape index (κ2) is 7.79. The molecule has 1 aliphatic heterocycles. The van der Waals surface area contributed by atoms with Gasteiger partial charge in [-0.1, -0.05) is 0 Å². The summed E-state index contributed by atoms with van der Waals surface area (Å²) in [5.74, 6) is 0.800. The van der Waals surface area contributed by atoms with Crippen molar-refractivity contribution >= 4 is 28.7 Å². The van der Waals surface area contributed by atoms with Crippen LogP contribution in [-0.4, -0.2) is 41.7 Å². The molecule has 0 unspecified atom stereocenters. The average Bonchev–Trinajstić information content (AvgIpc) is 2.62. The van der Waals surface area contributed by atoms with Gasteiger partial charge < -0.3 is 20.3 Å². The zero-order valence-electron chi connectivity index (χ0n) is 15.9. The zero-order valence-corrected chi connectivity index (χ0v) is 15.9. The van der Waals surface area contributed by atoms with Crippen molar-refractivity contribution in [2.75, 3.05) is 41.8 Å². The quantitative estimate of drug-likeness (QED) is 0.610. The van der Waals surface area contributed by atoms with Gasteiger partial charge in [-0.05, 0) is 51.1 Å². The predicted molar refractivity (Wildman–Crippen MR) is 107 cm³/mol. The van der Waals surface area contributed by atoms with Crippen molar-refractivity contribution in [1.82, 2.24) is 4.98 Å². The van der Waals surface area contributed by atoms with Crippen LogP contribution in [0.4, 0.5) is 28.7 Å². The van der Waals surface area contributed by atoms with E-state index in [0.717, 1.165) is 37.7 Å². The summed E-state index contributed by atoms with van der Waals surface area (Å²) < 4.78 is 5.37. The first-order chi connectivity index (χ1) is 12.8. The first-order valence-electron chi connectivity index (χ1n) is 8.95. The maximum atomic E-state index is 11.4. The van der Waals surface area contributed by atoms with E-state index in [9.17, 15) is 10.1 Å². The average molecular weight is 371 g/mol. The molecule has 1 aromatic heterocycles. The number of pyridine rings is 1. The monoisotopic (exact) mass is 371 g/mol. The summed E-state index contributed by atoms with van der Waals surface area (Å²) in [7, 11) is 0. The van der Waals surface area contributed by atoms with E-state index in [-0.39, 0.29) is 17.0 Å². The third kappa shape index (κ3) is 5.07. The molecule has 0 radical (unpaired) electrons. The minimum atomic E-state index is -0.432. The molecule has 0 amide bonds. The highest BCUT2D eigenvalue weighted by molar-refractivity contribution is 5.69. The summed E-state index contributed by atoms with van der Waals surface area (Å²) in [5, 5.41) is 17.7. The molecule has 2 heterocycles.